The zero-order valence-corrected chi connectivity index (χ0v) is 12.2. The lowest BCUT2D eigenvalue weighted by atomic mass is 10.0. The van der Waals surface area contributed by atoms with Crippen LogP contribution in [0.1, 0.15) is 5.56 Å². The first-order chi connectivity index (χ1) is 11.1. The lowest BCUT2D eigenvalue weighted by molar-refractivity contribution is 0.281. The summed E-state index contributed by atoms with van der Waals surface area (Å²) in [5.74, 6) is -0.367. The topological polar surface area (TPSA) is 55.5 Å². The van der Waals surface area contributed by atoms with Crippen LogP contribution in [0.5, 0.6) is 5.75 Å². The quantitative estimate of drug-likeness (QED) is 0.795. The first-order valence-corrected chi connectivity index (χ1v) is 6.83. The van der Waals surface area contributed by atoms with Crippen molar-refractivity contribution in [1.82, 2.24) is 5.16 Å². The molecule has 0 aliphatic carbocycles. The molecular weight excluding hydrogens is 304 g/mol. The number of aromatic nitrogens is 1. The van der Waals surface area contributed by atoms with Crippen molar-refractivity contribution in [2.75, 3.05) is 7.11 Å². The maximum atomic E-state index is 14.0. The van der Waals surface area contributed by atoms with Gasteiger partial charge in [-0.2, -0.15) is 0 Å². The van der Waals surface area contributed by atoms with Gasteiger partial charge in [0.25, 0.3) is 0 Å². The van der Waals surface area contributed by atoms with E-state index in [9.17, 15) is 13.9 Å². The third kappa shape index (κ3) is 2.80. The predicted molar refractivity (Wildman–Crippen MR) is 79.8 cm³/mol. The number of hydrogen-bond donors (Lipinski definition) is 1. The molecule has 0 amide bonds. The summed E-state index contributed by atoms with van der Waals surface area (Å²) in [7, 11) is 1.53. The van der Waals surface area contributed by atoms with Gasteiger partial charge in [0.2, 0.25) is 0 Å². The number of aliphatic hydroxyl groups excluding tert-OH is 1. The smallest absolute Gasteiger partial charge is 0.173 e. The van der Waals surface area contributed by atoms with Crippen molar-refractivity contribution >= 4 is 0 Å². The maximum absolute atomic E-state index is 14.0. The van der Waals surface area contributed by atoms with E-state index in [1.807, 2.05) is 0 Å². The van der Waals surface area contributed by atoms with Crippen LogP contribution in [0.15, 0.2) is 47.0 Å². The molecule has 0 radical (unpaired) electrons. The van der Waals surface area contributed by atoms with Gasteiger partial charge in [0.15, 0.2) is 5.76 Å². The fraction of sp³-hybridized carbons (Fsp3) is 0.118. The standard InChI is InChI=1S/C17H13F2NO3/c1-22-12-4-2-3-10(7-12)17-14(9-21)16(20-23-17)13-8-11(18)5-6-15(13)19/h2-8,21H,9H2,1H3. The summed E-state index contributed by atoms with van der Waals surface area (Å²) in [6.45, 7) is -0.429. The Kier molecular flexibility index (Phi) is 4.08. The second kappa shape index (κ2) is 6.18. The minimum atomic E-state index is -0.647. The van der Waals surface area contributed by atoms with Gasteiger partial charge in [0, 0.05) is 11.1 Å². The van der Waals surface area contributed by atoms with Crippen LogP contribution in [0.4, 0.5) is 8.78 Å². The van der Waals surface area contributed by atoms with Crippen LogP contribution in [0.3, 0.4) is 0 Å². The highest BCUT2D eigenvalue weighted by Gasteiger charge is 2.21. The van der Waals surface area contributed by atoms with Crippen LogP contribution >= 0.6 is 0 Å². The molecule has 3 aromatic rings. The summed E-state index contributed by atoms with van der Waals surface area (Å²) in [5.41, 5.74) is 0.904. The summed E-state index contributed by atoms with van der Waals surface area (Å²) in [6.07, 6.45) is 0. The highest BCUT2D eigenvalue weighted by molar-refractivity contribution is 5.73. The van der Waals surface area contributed by atoms with Gasteiger partial charge in [-0.25, -0.2) is 8.78 Å². The van der Waals surface area contributed by atoms with E-state index in [0.717, 1.165) is 18.2 Å². The van der Waals surface area contributed by atoms with Crippen molar-refractivity contribution < 1.29 is 23.1 Å². The normalized spacial score (nSPS) is 10.8. The van der Waals surface area contributed by atoms with E-state index < -0.39 is 18.2 Å². The lowest BCUT2D eigenvalue weighted by Gasteiger charge is -2.04. The minimum Gasteiger partial charge on any atom is -0.497 e. The molecule has 3 rings (SSSR count). The van der Waals surface area contributed by atoms with Crippen LogP contribution in [0, 0.1) is 11.6 Å². The number of halogens is 2. The van der Waals surface area contributed by atoms with E-state index >= 15 is 0 Å². The summed E-state index contributed by atoms with van der Waals surface area (Å²) in [4.78, 5) is 0. The third-order valence-corrected chi connectivity index (χ3v) is 3.46. The van der Waals surface area contributed by atoms with E-state index in [0.29, 0.717) is 11.3 Å². The van der Waals surface area contributed by atoms with Crippen molar-refractivity contribution in [3.05, 3.63) is 59.7 Å². The van der Waals surface area contributed by atoms with Gasteiger partial charge in [0.05, 0.1) is 19.3 Å². The molecule has 0 unspecified atom stereocenters. The van der Waals surface area contributed by atoms with Crippen molar-refractivity contribution in [3.8, 4) is 28.3 Å². The Bertz CT molecular complexity index is 846. The highest BCUT2D eigenvalue weighted by atomic mass is 19.1. The van der Waals surface area contributed by atoms with E-state index in [4.69, 9.17) is 9.26 Å². The van der Waals surface area contributed by atoms with Crippen molar-refractivity contribution in [2.24, 2.45) is 0 Å². The van der Waals surface area contributed by atoms with Gasteiger partial charge in [-0.3, -0.25) is 0 Å². The highest BCUT2D eigenvalue weighted by Crippen LogP contribution is 2.34. The molecule has 0 aliphatic heterocycles. The Labute approximate surface area is 130 Å². The molecule has 6 heteroatoms. The molecule has 4 nitrogen and oxygen atoms in total. The monoisotopic (exact) mass is 317 g/mol. The molecule has 1 aromatic heterocycles. The SMILES string of the molecule is COc1cccc(-c2onc(-c3cc(F)ccc3F)c2CO)c1. The average molecular weight is 317 g/mol. The Balaban J connectivity index is 2.15. The Morgan fingerprint density at radius 1 is 1.17 bits per heavy atom. The third-order valence-electron chi connectivity index (χ3n) is 3.46. The zero-order valence-electron chi connectivity index (χ0n) is 12.2. The summed E-state index contributed by atoms with van der Waals surface area (Å²) >= 11 is 0. The lowest BCUT2D eigenvalue weighted by Crippen LogP contribution is -1.93. The number of nitrogens with zero attached hydrogens (tertiary/aromatic N) is 1. The predicted octanol–water partition coefficient (Wildman–Crippen LogP) is 3.79. The van der Waals surface area contributed by atoms with Crippen molar-refractivity contribution in [3.63, 3.8) is 0 Å². The number of rotatable bonds is 4. The molecule has 0 saturated carbocycles. The molecule has 118 valence electrons. The largest absolute Gasteiger partial charge is 0.497 e. The van der Waals surface area contributed by atoms with Crippen LogP contribution in [-0.2, 0) is 6.61 Å². The van der Waals surface area contributed by atoms with Gasteiger partial charge in [0.1, 0.15) is 23.1 Å². The van der Waals surface area contributed by atoms with Gasteiger partial charge in [-0.15, -0.1) is 0 Å². The van der Waals surface area contributed by atoms with Crippen LogP contribution in [-0.4, -0.2) is 17.4 Å². The summed E-state index contributed by atoms with van der Waals surface area (Å²) in [5, 5.41) is 13.5. The molecule has 0 aliphatic rings. The van der Waals surface area contributed by atoms with E-state index in [1.54, 1.807) is 24.3 Å². The molecule has 0 saturated heterocycles. The molecule has 0 fully saturated rings. The Hall–Kier alpha value is -2.73. The van der Waals surface area contributed by atoms with E-state index in [2.05, 4.69) is 5.16 Å². The Morgan fingerprint density at radius 2 is 2.00 bits per heavy atom. The van der Waals surface area contributed by atoms with Crippen LogP contribution in [0.25, 0.3) is 22.6 Å². The Morgan fingerprint density at radius 3 is 2.74 bits per heavy atom. The number of benzene rings is 2. The second-order valence-corrected chi connectivity index (χ2v) is 4.85. The van der Waals surface area contributed by atoms with Gasteiger partial charge >= 0.3 is 0 Å². The van der Waals surface area contributed by atoms with Gasteiger partial charge in [-0.1, -0.05) is 17.3 Å². The molecule has 23 heavy (non-hydrogen) atoms. The number of hydrogen-bond acceptors (Lipinski definition) is 4. The minimum absolute atomic E-state index is 0.0630. The summed E-state index contributed by atoms with van der Waals surface area (Å²) in [6, 6.07) is 9.99. The first-order valence-electron chi connectivity index (χ1n) is 6.83. The summed E-state index contributed by atoms with van der Waals surface area (Å²) < 4.78 is 37.8. The van der Waals surface area contributed by atoms with Gasteiger partial charge in [-0.05, 0) is 30.3 Å². The van der Waals surface area contributed by atoms with Crippen molar-refractivity contribution in [1.29, 1.82) is 0 Å². The second-order valence-electron chi connectivity index (χ2n) is 4.85. The number of ether oxygens (including phenoxy) is 1. The van der Waals surface area contributed by atoms with Crippen molar-refractivity contribution in [2.45, 2.75) is 6.61 Å². The van der Waals surface area contributed by atoms with Crippen LogP contribution < -0.4 is 4.74 Å². The van der Waals surface area contributed by atoms with E-state index in [-0.39, 0.29) is 22.6 Å². The number of methoxy groups -OCH3 is 1. The molecule has 1 N–H and O–H groups in total. The molecular formula is C17H13F2NO3. The zero-order chi connectivity index (χ0) is 16.4. The molecule has 0 atom stereocenters. The molecule has 1 heterocycles. The van der Waals surface area contributed by atoms with E-state index in [1.165, 1.54) is 7.11 Å². The fourth-order valence-corrected chi connectivity index (χ4v) is 2.34. The maximum Gasteiger partial charge on any atom is 0.173 e. The van der Waals surface area contributed by atoms with Gasteiger partial charge < -0.3 is 14.4 Å². The average Bonchev–Trinajstić information content (AvgIpc) is 3.00. The molecule has 2 aromatic carbocycles. The number of aliphatic hydroxyl groups is 1. The molecule has 0 bridgehead atoms. The first kappa shape index (κ1) is 15.2. The van der Waals surface area contributed by atoms with Crippen LogP contribution in [0.2, 0.25) is 0 Å². The molecule has 0 spiro atoms. The fourth-order valence-electron chi connectivity index (χ4n) is 2.34.